The summed E-state index contributed by atoms with van der Waals surface area (Å²) in [7, 11) is 0. The molecule has 0 saturated heterocycles. The lowest BCUT2D eigenvalue weighted by Crippen LogP contribution is -2.53. The molecule has 2 nitrogen and oxygen atoms in total. The summed E-state index contributed by atoms with van der Waals surface area (Å²) < 4.78 is 5.44. The third kappa shape index (κ3) is 5.60. The van der Waals surface area contributed by atoms with Gasteiger partial charge in [-0.1, -0.05) is 49.5 Å². The van der Waals surface area contributed by atoms with Gasteiger partial charge >= 0.3 is 0 Å². The zero-order valence-electron chi connectivity index (χ0n) is 15.9. The van der Waals surface area contributed by atoms with Gasteiger partial charge in [-0.15, -0.1) is 0 Å². The van der Waals surface area contributed by atoms with Crippen LogP contribution in [0.15, 0.2) is 18.2 Å². The van der Waals surface area contributed by atoms with E-state index >= 15 is 0 Å². The normalized spacial score (nSPS) is 17.5. The molecule has 1 saturated carbocycles. The van der Waals surface area contributed by atoms with Gasteiger partial charge < -0.3 is 10.1 Å². The van der Waals surface area contributed by atoms with Gasteiger partial charge in [0.2, 0.25) is 0 Å². The zero-order valence-corrected chi connectivity index (χ0v) is 17.4. The summed E-state index contributed by atoms with van der Waals surface area (Å²) in [6, 6.07) is 6.71. The summed E-state index contributed by atoms with van der Waals surface area (Å²) in [6.45, 7) is 9.40. The smallest absolute Gasteiger partial charge is 0.0595 e. The maximum atomic E-state index is 6.32. The van der Waals surface area contributed by atoms with Gasteiger partial charge in [-0.3, -0.25) is 0 Å². The van der Waals surface area contributed by atoms with Crippen molar-refractivity contribution < 1.29 is 4.74 Å². The first-order valence-corrected chi connectivity index (χ1v) is 10.5. The van der Waals surface area contributed by atoms with Crippen molar-refractivity contribution in [3.63, 3.8) is 0 Å². The van der Waals surface area contributed by atoms with Crippen LogP contribution in [0.1, 0.15) is 64.9 Å². The van der Waals surface area contributed by atoms with E-state index in [2.05, 4.69) is 38.2 Å². The maximum Gasteiger partial charge on any atom is 0.0595 e. The van der Waals surface area contributed by atoms with Crippen LogP contribution in [0, 0.1) is 5.92 Å². The second kappa shape index (κ2) is 10.2. The number of nitrogens with one attached hydrogen (secondary N) is 1. The molecule has 1 atom stereocenters. The van der Waals surface area contributed by atoms with E-state index < -0.39 is 0 Å². The fourth-order valence-electron chi connectivity index (χ4n) is 3.93. The van der Waals surface area contributed by atoms with Gasteiger partial charge in [0.15, 0.2) is 0 Å². The highest BCUT2D eigenvalue weighted by molar-refractivity contribution is 6.42. The van der Waals surface area contributed by atoms with Crippen LogP contribution in [0.5, 0.6) is 0 Å². The maximum absolute atomic E-state index is 6.32. The average Bonchev–Trinajstić information content (AvgIpc) is 2.52. The van der Waals surface area contributed by atoms with Gasteiger partial charge in [-0.25, -0.2) is 0 Å². The molecule has 25 heavy (non-hydrogen) atoms. The van der Waals surface area contributed by atoms with Gasteiger partial charge in [-0.2, -0.15) is 0 Å². The molecular weight excluding hydrogens is 353 g/mol. The molecule has 0 spiro atoms. The molecule has 1 aliphatic rings. The molecule has 1 N–H and O–H groups in total. The standard InChI is InChI=1S/C21H33Cl2NO/c1-4-25-13-6-5-12-24-20(14-16(2)3)21(10-7-11-21)17-8-9-18(22)19(23)15-17/h8-9,15-16,20,24H,4-7,10-14H2,1-3H3. The van der Waals surface area contributed by atoms with E-state index in [0.717, 1.165) is 32.6 Å². The lowest BCUT2D eigenvalue weighted by atomic mass is 9.59. The number of benzene rings is 1. The molecule has 1 aliphatic carbocycles. The number of hydrogen-bond donors (Lipinski definition) is 1. The number of hydrogen-bond acceptors (Lipinski definition) is 2. The predicted octanol–water partition coefficient (Wildman–Crippen LogP) is 6.24. The number of unbranched alkanes of at least 4 members (excludes halogenated alkanes) is 1. The van der Waals surface area contributed by atoms with Gasteiger partial charge in [0.05, 0.1) is 10.0 Å². The molecule has 2 rings (SSSR count). The van der Waals surface area contributed by atoms with Crippen LogP contribution in [-0.2, 0) is 10.2 Å². The Kier molecular flexibility index (Phi) is 8.54. The Morgan fingerprint density at radius 3 is 2.48 bits per heavy atom. The van der Waals surface area contributed by atoms with Crippen LogP contribution in [-0.4, -0.2) is 25.8 Å². The third-order valence-electron chi connectivity index (χ3n) is 5.42. The molecule has 0 heterocycles. The Balaban J connectivity index is 2.06. The molecular formula is C21H33Cl2NO. The fraction of sp³-hybridized carbons (Fsp3) is 0.714. The largest absolute Gasteiger partial charge is 0.382 e. The summed E-state index contributed by atoms with van der Waals surface area (Å²) >= 11 is 12.5. The molecule has 0 radical (unpaired) electrons. The van der Waals surface area contributed by atoms with Crippen LogP contribution in [0.3, 0.4) is 0 Å². The van der Waals surface area contributed by atoms with Crippen molar-refractivity contribution in [3.05, 3.63) is 33.8 Å². The van der Waals surface area contributed by atoms with Gasteiger partial charge in [-0.05, 0) is 69.2 Å². The molecule has 1 aromatic carbocycles. The molecule has 0 bridgehead atoms. The summed E-state index contributed by atoms with van der Waals surface area (Å²) in [5.41, 5.74) is 1.55. The lowest BCUT2D eigenvalue weighted by molar-refractivity contribution is 0.136. The Bertz CT molecular complexity index is 529. The summed E-state index contributed by atoms with van der Waals surface area (Å²) in [5.74, 6) is 0.668. The quantitative estimate of drug-likeness (QED) is 0.455. The Morgan fingerprint density at radius 2 is 1.92 bits per heavy atom. The van der Waals surface area contributed by atoms with E-state index in [1.807, 2.05) is 6.07 Å². The fourth-order valence-corrected chi connectivity index (χ4v) is 4.23. The van der Waals surface area contributed by atoms with Gasteiger partial charge in [0.25, 0.3) is 0 Å². The van der Waals surface area contributed by atoms with Crippen LogP contribution < -0.4 is 5.32 Å². The SMILES string of the molecule is CCOCCCCNC(CC(C)C)C1(c2ccc(Cl)c(Cl)c2)CCC1. The van der Waals surface area contributed by atoms with Crippen LogP contribution in [0.4, 0.5) is 0 Å². The number of ether oxygens (including phenoxy) is 1. The van der Waals surface area contributed by atoms with Crippen molar-refractivity contribution in [2.45, 2.75) is 70.8 Å². The van der Waals surface area contributed by atoms with E-state index in [0.29, 0.717) is 22.0 Å². The van der Waals surface area contributed by atoms with E-state index in [9.17, 15) is 0 Å². The van der Waals surface area contributed by atoms with Crippen LogP contribution in [0.2, 0.25) is 10.0 Å². The van der Waals surface area contributed by atoms with E-state index in [4.69, 9.17) is 27.9 Å². The second-order valence-electron chi connectivity index (χ2n) is 7.68. The van der Waals surface area contributed by atoms with E-state index in [-0.39, 0.29) is 5.41 Å². The molecule has 0 amide bonds. The molecule has 142 valence electrons. The summed E-state index contributed by atoms with van der Waals surface area (Å²) in [4.78, 5) is 0. The van der Waals surface area contributed by atoms with Crippen molar-refractivity contribution in [1.29, 1.82) is 0 Å². The second-order valence-corrected chi connectivity index (χ2v) is 8.49. The highest BCUT2D eigenvalue weighted by atomic mass is 35.5. The first kappa shape index (κ1) is 21.0. The van der Waals surface area contributed by atoms with Crippen molar-refractivity contribution in [1.82, 2.24) is 5.32 Å². The molecule has 1 aromatic rings. The van der Waals surface area contributed by atoms with Gasteiger partial charge in [0.1, 0.15) is 0 Å². The molecule has 4 heteroatoms. The van der Waals surface area contributed by atoms with E-state index in [1.165, 1.54) is 31.2 Å². The Labute approximate surface area is 163 Å². The average molecular weight is 386 g/mol. The molecule has 1 fully saturated rings. The minimum atomic E-state index is 0.207. The lowest BCUT2D eigenvalue weighted by Gasteiger charge is -2.49. The highest BCUT2D eigenvalue weighted by Crippen LogP contribution is 2.49. The zero-order chi connectivity index (χ0) is 18.3. The van der Waals surface area contributed by atoms with Crippen LogP contribution >= 0.6 is 23.2 Å². The topological polar surface area (TPSA) is 21.3 Å². The molecule has 0 aromatic heterocycles. The highest BCUT2D eigenvalue weighted by Gasteiger charge is 2.45. The van der Waals surface area contributed by atoms with Crippen LogP contribution in [0.25, 0.3) is 0 Å². The first-order chi connectivity index (χ1) is 12.0. The van der Waals surface area contributed by atoms with Crippen molar-refractivity contribution in [3.8, 4) is 0 Å². The molecule has 0 aliphatic heterocycles. The predicted molar refractivity (Wildman–Crippen MR) is 109 cm³/mol. The van der Waals surface area contributed by atoms with Crippen molar-refractivity contribution >= 4 is 23.2 Å². The molecule has 1 unspecified atom stereocenters. The monoisotopic (exact) mass is 385 g/mol. The summed E-state index contributed by atoms with van der Waals surface area (Å²) in [5, 5.41) is 5.19. The van der Waals surface area contributed by atoms with Crippen molar-refractivity contribution in [2.75, 3.05) is 19.8 Å². The minimum absolute atomic E-state index is 0.207. The number of rotatable bonds is 11. The minimum Gasteiger partial charge on any atom is -0.382 e. The van der Waals surface area contributed by atoms with Gasteiger partial charge in [0, 0.05) is 24.7 Å². The van der Waals surface area contributed by atoms with E-state index in [1.54, 1.807) is 0 Å². The first-order valence-electron chi connectivity index (χ1n) is 9.76. The van der Waals surface area contributed by atoms with Crippen molar-refractivity contribution in [2.24, 2.45) is 5.92 Å². The Morgan fingerprint density at radius 1 is 1.16 bits per heavy atom. The Hall–Kier alpha value is -0.280. The summed E-state index contributed by atoms with van der Waals surface area (Å²) in [6.07, 6.45) is 7.22. The third-order valence-corrected chi connectivity index (χ3v) is 6.16. The number of halogens is 2.